The van der Waals surface area contributed by atoms with E-state index in [-0.39, 0.29) is 12.1 Å². The second kappa shape index (κ2) is 7.35. The summed E-state index contributed by atoms with van der Waals surface area (Å²) in [5.41, 5.74) is 0. The van der Waals surface area contributed by atoms with Crippen LogP contribution in [0.25, 0.3) is 0 Å². The minimum atomic E-state index is -0.153. The number of ether oxygens (including phenoxy) is 2. The van der Waals surface area contributed by atoms with Crippen molar-refractivity contribution in [2.45, 2.75) is 18.9 Å². The second-order valence-electron chi connectivity index (χ2n) is 5.68. The Kier molecular flexibility index (Phi) is 5.00. The molecular weight excluding hydrogens is 282 g/mol. The number of hydrogen-bond donors (Lipinski definition) is 2. The topological polar surface area (TPSA) is 62.8 Å². The van der Waals surface area contributed by atoms with Crippen LogP contribution in [0.1, 0.15) is 12.8 Å². The first-order chi connectivity index (χ1) is 10.8. The molecule has 0 saturated carbocycles. The summed E-state index contributed by atoms with van der Waals surface area (Å²) in [5, 5.41) is 5.72. The normalized spacial score (nSPS) is 20.6. The van der Waals surface area contributed by atoms with Gasteiger partial charge in [0, 0.05) is 13.1 Å². The average molecular weight is 305 g/mol. The van der Waals surface area contributed by atoms with Crippen LogP contribution in [0.5, 0.6) is 11.5 Å². The zero-order chi connectivity index (χ0) is 15.2. The molecule has 1 aromatic carbocycles. The predicted molar refractivity (Wildman–Crippen MR) is 83.4 cm³/mol. The zero-order valence-corrected chi connectivity index (χ0v) is 12.7. The number of para-hydroxylation sites is 2. The number of urea groups is 1. The molecule has 2 amide bonds. The van der Waals surface area contributed by atoms with Crippen molar-refractivity contribution >= 4 is 6.03 Å². The van der Waals surface area contributed by atoms with Crippen molar-refractivity contribution in [3.8, 4) is 11.5 Å². The first-order valence-corrected chi connectivity index (χ1v) is 7.94. The minimum absolute atomic E-state index is 0.151. The van der Waals surface area contributed by atoms with Crippen molar-refractivity contribution < 1.29 is 14.3 Å². The zero-order valence-electron chi connectivity index (χ0n) is 12.7. The van der Waals surface area contributed by atoms with Gasteiger partial charge in [0.05, 0.1) is 6.54 Å². The van der Waals surface area contributed by atoms with Crippen molar-refractivity contribution in [1.29, 1.82) is 0 Å². The van der Waals surface area contributed by atoms with Gasteiger partial charge in [-0.1, -0.05) is 12.1 Å². The van der Waals surface area contributed by atoms with Gasteiger partial charge in [0.1, 0.15) is 6.61 Å². The first-order valence-electron chi connectivity index (χ1n) is 7.94. The maximum atomic E-state index is 11.8. The summed E-state index contributed by atoms with van der Waals surface area (Å²) in [7, 11) is 0. The van der Waals surface area contributed by atoms with Crippen LogP contribution in [-0.4, -0.2) is 56.4 Å². The maximum Gasteiger partial charge on any atom is 0.314 e. The van der Waals surface area contributed by atoms with Crippen LogP contribution in [0.2, 0.25) is 0 Å². The molecule has 0 bridgehead atoms. The predicted octanol–water partition coefficient (Wildman–Crippen LogP) is 1.22. The highest BCUT2D eigenvalue weighted by Crippen LogP contribution is 2.30. The van der Waals surface area contributed by atoms with E-state index in [4.69, 9.17) is 9.47 Å². The van der Waals surface area contributed by atoms with E-state index in [0.717, 1.165) is 31.1 Å². The molecule has 2 heterocycles. The fraction of sp³-hybridized carbons (Fsp3) is 0.562. The molecular formula is C16H23N3O3. The van der Waals surface area contributed by atoms with Gasteiger partial charge in [0.15, 0.2) is 17.6 Å². The summed E-state index contributed by atoms with van der Waals surface area (Å²) in [6.07, 6.45) is 2.39. The van der Waals surface area contributed by atoms with Crippen molar-refractivity contribution in [3.63, 3.8) is 0 Å². The lowest BCUT2D eigenvalue weighted by Crippen LogP contribution is -2.45. The standard InChI is InChI=1S/C16H23N3O3/c20-16(17-7-10-19-8-3-4-9-19)18-11-13-12-21-14-5-1-2-6-15(14)22-13/h1-2,5-6,13H,3-4,7-12H2,(H2,17,18,20). The Labute approximate surface area is 130 Å². The van der Waals surface area contributed by atoms with Gasteiger partial charge in [0.2, 0.25) is 0 Å². The van der Waals surface area contributed by atoms with E-state index in [1.54, 1.807) is 0 Å². The van der Waals surface area contributed by atoms with Gasteiger partial charge in [0.25, 0.3) is 0 Å². The molecule has 0 radical (unpaired) electrons. The highest BCUT2D eigenvalue weighted by Gasteiger charge is 2.21. The van der Waals surface area contributed by atoms with Gasteiger partial charge >= 0.3 is 6.03 Å². The summed E-state index contributed by atoms with van der Waals surface area (Å²) in [6.45, 7) is 4.78. The van der Waals surface area contributed by atoms with Crippen molar-refractivity contribution in [2.24, 2.45) is 0 Å². The fourth-order valence-corrected chi connectivity index (χ4v) is 2.77. The molecule has 120 valence electrons. The lowest BCUT2D eigenvalue weighted by atomic mass is 10.2. The van der Waals surface area contributed by atoms with E-state index in [2.05, 4.69) is 15.5 Å². The number of benzene rings is 1. The van der Waals surface area contributed by atoms with Crippen molar-refractivity contribution in [2.75, 3.05) is 39.3 Å². The Morgan fingerprint density at radius 1 is 1.18 bits per heavy atom. The molecule has 1 saturated heterocycles. The SMILES string of the molecule is O=C(NCCN1CCCC1)NCC1COc2ccccc2O1. The number of carbonyl (C=O) groups is 1. The largest absolute Gasteiger partial charge is 0.486 e. The van der Waals surface area contributed by atoms with Crippen molar-refractivity contribution in [3.05, 3.63) is 24.3 Å². The first kappa shape index (κ1) is 15.0. The monoisotopic (exact) mass is 305 g/mol. The Balaban J connectivity index is 1.33. The van der Waals surface area contributed by atoms with E-state index < -0.39 is 0 Å². The van der Waals surface area contributed by atoms with Crippen molar-refractivity contribution in [1.82, 2.24) is 15.5 Å². The summed E-state index contributed by atoms with van der Waals surface area (Å²) in [6, 6.07) is 7.42. The third-order valence-corrected chi connectivity index (χ3v) is 3.97. The summed E-state index contributed by atoms with van der Waals surface area (Å²) >= 11 is 0. The van der Waals surface area contributed by atoms with E-state index in [1.165, 1.54) is 12.8 Å². The van der Waals surface area contributed by atoms with E-state index in [9.17, 15) is 4.79 Å². The maximum absolute atomic E-state index is 11.8. The molecule has 0 aliphatic carbocycles. The van der Waals surface area contributed by atoms with Crippen LogP contribution in [-0.2, 0) is 0 Å². The Morgan fingerprint density at radius 3 is 2.77 bits per heavy atom. The van der Waals surface area contributed by atoms with Crippen LogP contribution in [0.4, 0.5) is 4.79 Å². The van der Waals surface area contributed by atoms with Crippen LogP contribution in [0.15, 0.2) is 24.3 Å². The molecule has 1 atom stereocenters. The third kappa shape index (κ3) is 4.04. The second-order valence-corrected chi connectivity index (χ2v) is 5.68. The molecule has 0 aromatic heterocycles. The molecule has 6 nitrogen and oxygen atoms in total. The number of nitrogens with zero attached hydrogens (tertiary/aromatic N) is 1. The fourth-order valence-electron chi connectivity index (χ4n) is 2.77. The lowest BCUT2D eigenvalue weighted by molar-refractivity contribution is 0.0918. The molecule has 3 rings (SSSR count). The van der Waals surface area contributed by atoms with Gasteiger partial charge in [-0.25, -0.2) is 4.79 Å². The van der Waals surface area contributed by atoms with Crippen LogP contribution < -0.4 is 20.1 Å². The van der Waals surface area contributed by atoms with Gasteiger partial charge in [-0.15, -0.1) is 0 Å². The molecule has 1 aromatic rings. The van der Waals surface area contributed by atoms with E-state index in [1.807, 2.05) is 24.3 Å². The lowest BCUT2D eigenvalue weighted by Gasteiger charge is -2.26. The minimum Gasteiger partial charge on any atom is -0.486 e. The molecule has 0 spiro atoms. The number of hydrogen-bond acceptors (Lipinski definition) is 4. The molecule has 2 N–H and O–H groups in total. The van der Waals surface area contributed by atoms with E-state index >= 15 is 0 Å². The number of likely N-dealkylation sites (tertiary alicyclic amines) is 1. The summed E-state index contributed by atoms with van der Waals surface area (Å²) < 4.78 is 11.4. The summed E-state index contributed by atoms with van der Waals surface area (Å²) in [5.74, 6) is 1.49. The average Bonchev–Trinajstić information content (AvgIpc) is 3.06. The summed E-state index contributed by atoms with van der Waals surface area (Å²) in [4.78, 5) is 14.1. The molecule has 6 heteroatoms. The number of nitrogens with one attached hydrogen (secondary N) is 2. The Bertz CT molecular complexity index is 503. The molecule has 1 fully saturated rings. The number of amides is 2. The third-order valence-electron chi connectivity index (χ3n) is 3.97. The number of rotatable bonds is 5. The van der Waals surface area contributed by atoms with E-state index in [0.29, 0.717) is 19.7 Å². The van der Waals surface area contributed by atoms with Crippen LogP contribution in [0, 0.1) is 0 Å². The Hall–Kier alpha value is -1.95. The van der Waals surface area contributed by atoms with Gasteiger partial charge < -0.3 is 25.0 Å². The Morgan fingerprint density at radius 2 is 1.95 bits per heavy atom. The number of fused-ring (bicyclic) bond motifs is 1. The van der Waals surface area contributed by atoms with Crippen LogP contribution in [0.3, 0.4) is 0 Å². The molecule has 22 heavy (non-hydrogen) atoms. The van der Waals surface area contributed by atoms with Gasteiger partial charge in [-0.3, -0.25) is 0 Å². The highest BCUT2D eigenvalue weighted by atomic mass is 16.6. The smallest absolute Gasteiger partial charge is 0.314 e. The van der Waals surface area contributed by atoms with Crippen LogP contribution >= 0.6 is 0 Å². The number of carbonyl (C=O) groups excluding carboxylic acids is 1. The molecule has 2 aliphatic rings. The highest BCUT2D eigenvalue weighted by molar-refractivity contribution is 5.73. The molecule has 1 unspecified atom stereocenters. The quantitative estimate of drug-likeness (QED) is 0.859. The molecule has 2 aliphatic heterocycles. The van der Waals surface area contributed by atoms with Gasteiger partial charge in [-0.05, 0) is 38.1 Å². The van der Waals surface area contributed by atoms with Gasteiger partial charge in [-0.2, -0.15) is 0 Å².